The van der Waals surface area contributed by atoms with Crippen molar-refractivity contribution in [3.05, 3.63) is 87.0 Å². The number of nitro groups is 1. The first-order valence-corrected chi connectivity index (χ1v) is 8.17. The minimum Gasteiger partial charge on any atom is -0.439 e. The van der Waals surface area contributed by atoms with Gasteiger partial charge in [0.25, 0.3) is 5.69 Å². The Labute approximate surface area is 153 Å². The van der Waals surface area contributed by atoms with Crippen molar-refractivity contribution in [1.29, 1.82) is 0 Å². The third-order valence-electron chi connectivity index (χ3n) is 4.13. The summed E-state index contributed by atoms with van der Waals surface area (Å²) >= 11 is 0. The number of hydrogen-bond donors (Lipinski definition) is 1. The van der Waals surface area contributed by atoms with Crippen LogP contribution in [0.15, 0.2) is 74.3 Å². The Morgan fingerprint density at radius 1 is 1.00 bits per heavy atom. The number of furan rings is 1. The summed E-state index contributed by atoms with van der Waals surface area (Å²) in [6.07, 6.45) is 0. The number of nitro benzene ring substituents is 1. The topological polar surface area (TPSA) is 98.5 Å². The van der Waals surface area contributed by atoms with E-state index in [1.165, 1.54) is 12.1 Å². The Morgan fingerprint density at radius 2 is 1.70 bits per heavy atom. The monoisotopic (exact) mass is 362 g/mol. The summed E-state index contributed by atoms with van der Waals surface area (Å²) in [6.45, 7) is 1.67. The Balaban J connectivity index is 1.94. The second kappa shape index (κ2) is 6.45. The molecule has 1 N–H and O–H groups in total. The van der Waals surface area contributed by atoms with Crippen LogP contribution in [0.3, 0.4) is 0 Å². The van der Waals surface area contributed by atoms with E-state index < -0.39 is 10.5 Å². The number of non-ortho nitro benzene ring substituents is 1. The van der Waals surface area contributed by atoms with Crippen LogP contribution in [0.5, 0.6) is 0 Å². The first kappa shape index (κ1) is 16.6. The fourth-order valence-corrected chi connectivity index (χ4v) is 2.93. The third-order valence-corrected chi connectivity index (χ3v) is 4.13. The van der Waals surface area contributed by atoms with Crippen molar-refractivity contribution < 1.29 is 13.8 Å². The molecule has 0 saturated carbocycles. The number of rotatable bonds is 4. The summed E-state index contributed by atoms with van der Waals surface area (Å²) in [6, 6.07) is 16.9. The first-order valence-electron chi connectivity index (χ1n) is 8.17. The number of hydrogen-bond acceptors (Lipinski definition) is 6. The molecule has 0 unspecified atom stereocenters. The maximum Gasteiger partial charge on any atom is 0.347 e. The zero-order valence-electron chi connectivity index (χ0n) is 14.3. The first-order chi connectivity index (χ1) is 13.0. The second-order valence-corrected chi connectivity index (χ2v) is 5.98. The minimum atomic E-state index is -0.525. The minimum absolute atomic E-state index is 0.0352. The van der Waals surface area contributed by atoms with E-state index in [0.29, 0.717) is 28.4 Å². The molecule has 134 valence electrons. The highest BCUT2D eigenvalue weighted by atomic mass is 16.6. The molecule has 27 heavy (non-hydrogen) atoms. The molecule has 4 rings (SSSR count). The van der Waals surface area contributed by atoms with Gasteiger partial charge in [-0.25, -0.2) is 4.79 Å². The van der Waals surface area contributed by atoms with Crippen molar-refractivity contribution in [2.24, 2.45) is 0 Å². The van der Waals surface area contributed by atoms with E-state index in [0.717, 1.165) is 5.69 Å². The van der Waals surface area contributed by atoms with E-state index in [1.807, 2.05) is 30.3 Å². The number of benzene rings is 2. The van der Waals surface area contributed by atoms with Gasteiger partial charge in [-0.2, -0.15) is 0 Å². The summed E-state index contributed by atoms with van der Waals surface area (Å²) < 4.78 is 11.1. The standard InChI is InChI=1S/C20H14N2O5/c1-12-11-16-18(20(23)26-12)17(13-7-9-15(10-8-13)22(24)25)19(27-16)21-14-5-3-2-4-6-14/h2-11,21H,1H3. The molecule has 0 aliphatic carbocycles. The van der Waals surface area contributed by atoms with Gasteiger partial charge in [-0.05, 0) is 36.8 Å². The smallest absolute Gasteiger partial charge is 0.347 e. The Hall–Kier alpha value is -3.87. The van der Waals surface area contributed by atoms with Crippen LogP contribution in [0, 0.1) is 17.0 Å². The van der Waals surface area contributed by atoms with Crippen molar-refractivity contribution in [2.45, 2.75) is 6.92 Å². The molecule has 0 aliphatic heterocycles. The molecule has 0 atom stereocenters. The Kier molecular flexibility index (Phi) is 3.97. The van der Waals surface area contributed by atoms with E-state index in [4.69, 9.17) is 8.83 Å². The summed E-state index contributed by atoms with van der Waals surface area (Å²) in [7, 11) is 0. The molecule has 7 heteroatoms. The average Bonchev–Trinajstić information content (AvgIpc) is 3.00. The molecule has 2 aromatic carbocycles. The zero-order chi connectivity index (χ0) is 19.0. The average molecular weight is 362 g/mol. The van der Waals surface area contributed by atoms with Crippen molar-refractivity contribution >= 4 is 28.2 Å². The van der Waals surface area contributed by atoms with Gasteiger partial charge in [-0.15, -0.1) is 0 Å². The maximum absolute atomic E-state index is 12.5. The Morgan fingerprint density at radius 3 is 2.37 bits per heavy atom. The molecular weight excluding hydrogens is 348 g/mol. The van der Waals surface area contributed by atoms with Gasteiger partial charge >= 0.3 is 5.63 Å². The van der Waals surface area contributed by atoms with E-state index in [1.54, 1.807) is 25.1 Å². The highest BCUT2D eigenvalue weighted by molar-refractivity contribution is 6.00. The maximum atomic E-state index is 12.5. The molecule has 0 bridgehead atoms. The molecule has 7 nitrogen and oxygen atoms in total. The zero-order valence-corrected chi connectivity index (χ0v) is 14.3. The number of nitrogens with zero attached hydrogens (tertiary/aromatic N) is 1. The van der Waals surface area contributed by atoms with Crippen molar-refractivity contribution in [3.63, 3.8) is 0 Å². The fourth-order valence-electron chi connectivity index (χ4n) is 2.93. The molecule has 0 spiro atoms. The highest BCUT2D eigenvalue weighted by Crippen LogP contribution is 2.39. The van der Waals surface area contributed by atoms with Crippen LogP contribution < -0.4 is 10.9 Å². The summed E-state index contributed by atoms with van der Waals surface area (Å²) in [5.74, 6) is 0.797. The van der Waals surface area contributed by atoms with Crippen LogP contribution in [0.1, 0.15) is 5.76 Å². The number of fused-ring (bicyclic) bond motifs is 1. The van der Waals surface area contributed by atoms with Gasteiger partial charge in [-0.1, -0.05) is 18.2 Å². The molecule has 0 amide bonds. The van der Waals surface area contributed by atoms with Crippen molar-refractivity contribution in [1.82, 2.24) is 0 Å². The number of aryl methyl sites for hydroxylation is 1. The van der Waals surface area contributed by atoms with Gasteiger partial charge in [0.1, 0.15) is 16.7 Å². The normalized spacial score (nSPS) is 10.9. The van der Waals surface area contributed by atoms with Crippen LogP contribution in [-0.2, 0) is 0 Å². The van der Waals surface area contributed by atoms with Gasteiger partial charge in [0.2, 0.25) is 5.88 Å². The molecule has 0 saturated heterocycles. The summed E-state index contributed by atoms with van der Waals surface area (Å²) in [4.78, 5) is 22.9. The number of para-hydroxylation sites is 1. The van der Waals surface area contributed by atoms with E-state index in [9.17, 15) is 14.9 Å². The predicted molar refractivity (Wildman–Crippen MR) is 101 cm³/mol. The number of nitrogens with one attached hydrogen (secondary N) is 1. The third kappa shape index (κ3) is 3.06. The molecule has 2 heterocycles. The van der Waals surface area contributed by atoms with Crippen molar-refractivity contribution in [2.75, 3.05) is 5.32 Å². The number of anilines is 2. The summed E-state index contributed by atoms with van der Waals surface area (Å²) in [5, 5.41) is 14.4. The van der Waals surface area contributed by atoms with Gasteiger partial charge in [0, 0.05) is 23.9 Å². The highest BCUT2D eigenvalue weighted by Gasteiger charge is 2.21. The predicted octanol–water partition coefficient (Wildman–Crippen LogP) is 5.01. The van der Waals surface area contributed by atoms with Crippen LogP contribution in [0.2, 0.25) is 0 Å². The SMILES string of the molecule is Cc1cc2oc(Nc3ccccc3)c(-c3ccc([N+](=O)[O-])cc3)c2c(=O)o1. The van der Waals surface area contributed by atoms with Crippen LogP contribution in [0.25, 0.3) is 22.1 Å². The van der Waals surface area contributed by atoms with Gasteiger partial charge < -0.3 is 14.2 Å². The molecular formula is C20H14N2O5. The van der Waals surface area contributed by atoms with Gasteiger partial charge in [0.15, 0.2) is 0 Å². The molecule has 2 aromatic heterocycles. The lowest BCUT2D eigenvalue weighted by Crippen LogP contribution is -2.00. The Bertz CT molecular complexity index is 1190. The molecule has 0 fully saturated rings. The molecule has 0 aliphatic rings. The van der Waals surface area contributed by atoms with Crippen LogP contribution in [0.4, 0.5) is 17.3 Å². The fraction of sp³-hybridized carbons (Fsp3) is 0.0500. The van der Waals surface area contributed by atoms with Crippen LogP contribution >= 0.6 is 0 Å². The quantitative estimate of drug-likeness (QED) is 0.404. The van der Waals surface area contributed by atoms with Gasteiger partial charge in [-0.3, -0.25) is 10.1 Å². The lowest BCUT2D eigenvalue weighted by molar-refractivity contribution is -0.384. The van der Waals surface area contributed by atoms with E-state index >= 15 is 0 Å². The van der Waals surface area contributed by atoms with Crippen molar-refractivity contribution in [3.8, 4) is 11.1 Å². The second-order valence-electron chi connectivity index (χ2n) is 5.98. The largest absolute Gasteiger partial charge is 0.439 e. The van der Waals surface area contributed by atoms with E-state index in [-0.39, 0.29) is 11.1 Å². The van der Waals surface area contributed by atoms with Crippen LogP contribution in [-0.4, -0.2) is 4.92 Å². The van der Waals surface area contributed by atoms with Gasteiger partial charge in [0.05, 0.1) is 10.5 Å². The van der Waals surface area contributed by atoms with E-state index in [2.05, 4.69) is 5.32 Å². The lowest BCUT2D eigenvalue weighted by atomic mass is 10.0. The molecule has 4 aromatic rings. The summed E-state index contributed by atoms with van der Waals surface area (Å²) in [5.41, 5.74) is 1.71. The lowest BCUT2D eigenvalue weighted by Gasteiger charge is -2.06. The molecule has 0 radical (unpaired) electrons.